The summed E-state index contributed by atoms with van der Waals surface area (Å²) in [6.45, 7) is 11.8. The summed E-state index contributed by atoms with van der Waals surface area (Å²) in [6, 6.07) is 3.27. The Hall–Kier alpha value is -6.07. The average molecular weight is 863 g/mol. The number of fused-ring (bicyclic) bond motifs is 1. The summed E-state index contributed by atoms with van der Waals surface area (Å²) in [5, 5.41) is 18.4. The van der Waals surface area contributed by atoms with E-state index in [1.807, 2.05) is 34.6 Å². The Labute approximate surface area is 363 Å². The van der Waals surface area contributed by atoms with Crippen LogP contribution in [0, 0.1) is 17.8 Å². The van der Waals surface area contributed by atoms with E-state index in [4.69, 9.17) is 4.74 Å². The predicted octanol–water partition coefficient (Wildman–Crippen LogP) is 1.63. The number of nitrogens with one attached hydrogen (secondary N) is 3. The second-order valence-corrected chi connectivity index (χ2v) is 17.1. The number of hydrogen-bond acceptors (Lipinski definition) is 11. The summed E-state index contributed by atoms with van der Waals surface area (Å²) in [4.78, 5) is 122. The van der Waals surface area contributed by atoms with Gasteiger partial charge in [-0.25, -0.2) is 9.78 Å². The largest absolute Gasteiger partial charge is 0.505 e. The van der Waals surface area contributed by atoms with Gasteiger partial charge in [0.05, 0.1) is 6.54 Å². The zero-order valence-corrected chi connectivity index (χ0v) is 37.3. The predicted molar refractivity (Wildman–Crippen MR) is 227 cm³/mol. The van der Waals surface area contributed by atoms with Gasteiger partial charge in [0.15, 0.2) is 11.7 Å². The molecule has 338 valence electrons. The lowest BCUT2D eigenvalue weighted by atomic mass is 9.88. The monoisotopic (exact) mass is 862 g/mol. The topological polar surface area (TPSA) is 228 Å². The first-order valence-electron chi connectivity index (χ1n) is 21.0. The molecule has 0 aliphatic carbocycles. The van der Waals surface area contributed by atoms with Crippen molar-refractivity contribution in [3.05, 3.63) is 59.9 Å². The molecule has 1 aromatic carbocycles. The number of aromatic hydroxyl groups is 1. The minimum atomic E-state index is -1.69. The van der Waals surface area contributed by atoms with Crippen LogP contribution in [0.5, 0.6) is 5.75 Å². The Balaban J connectivity index is 1.84. The number of benzene rings is 1. The van der Waals surface area contributed by atoms with Crippen molar-refractivity contribution in [1.82, 2.24) is 40.5 Å². The van der Waals surface area contributed by atoms with E-state index in [0.717, 1.165) is 4.90 Å². The molecule has 8 atom stereocenters. The molecule has 0 unspecified atom stereocenters. The fraction of sp³-hybridized carbons (Fsp3) is 0.568. The Morgan fingerprint density at radius 3 is 2.15 bits per heavy atom. The fourth-order valence-electron chi connectivity index (χ4n) is 7.82. The van der Waals surface area contributed by atoms with Crippen LogP contribution in [0.4, 0.5) is 0 Å². The molecular weight excluding hydrogens is 801 g/mol. The minimum Gasteiger partial charge on any atom is -0.505 e. The van der Waals surface area contributed by atoms with Crippen molar-refractivity contribution in [1.29, 1.82) is 0 Å². The number of likely N-dealkylation sites (N-methyl/N-ethyl adjacent to an activating group) is 3. The van der Waals surface area contributed by atoms with Gasteiger partial charge in [-0.05, 0) is 68.6 Å². The third-order valence-corrected chi connectivity index (χ3v) is 11.7. The average Bonchev–Trinajstić information content (AvgIpc) is 3.71. The van der Waals surface area contributed by atoms with Crippen molar-refractivity contribution in [2.45, 2.75) is 110 Å². The molecule has 0 bridgehead atoms. The van der Waals surface area contributed by atoms with Crippen LogP contribution in [0.15, 0.2) is 48.7 Å². The van der Waals surface area contributed by atoms with Gasteiger partial charge in [0, 0.05) is 33.9 Å². The highest BCUT2D eigenvalue weighted by Crippen LogP contribution is 2.26. The third kappa shape index (κ3) is 11.4. The molecule has 2 fully saturated rings. The summed E-state index contributed by atoms with van der Waals surface area (Å²) in [7, 11) is 4.26. The maximum atomic E-state index is 14.4. The van der Waals surface area contributed by atoms with Crippen molar-refractivity contribution in [3.63, 3.8) is 0 Å². The van der Waals surface area contributed by atoms with Gasteiger partial charge in [0.1, 0.15) is 42.1 Å². The van der Waals surface area contributed by atoms with E-state index < -0.39 is 114 Å². The molecule has 2 aromatic rings. The highest BCUT2D eigenvalue weighted by Gasteiger charge is 2.43. The molecule has 1 aromatic heterocycles. The molecule has 0 spiro atoms. The normalized spacial score (nSPS) is 26.1. The second-order valence-electron chi connectivity index (χ2n) is 17.1. The van der Waals surface area contributed by atoms with Gasteiger partial charge in [-0.2, -0.15) is 0 Å². The molecule has 2 aliphatic rings. The molecule has 4 N–H and O–H groups in total. The number of rotatable bonds is 7. The number of cyclic esters (lactones) is 1. The number of pyridine rings is 1. The molecule has 0 radical (unpaired) electrons. The number of nitrogens with zero attached hydrogens (tertiary/aromatic N) is 5. The standard InChI is InChI=1S/C44H62N8O10/c1-24(2)22-30-42(59)52-21-15-18-31(52)43(60)49(8)23-33(54)50(9)36(26(5)25(3)4)40(57)46-27(6)41(58)51(10)37(29-16-12-11-13-17-29)44(61)62-28(7)34(38(55)47-30)48-39(56)35-32(53)19-14-20-45-35/h11-14,16-17,19-20,24-28,30-31,34,36-37,53H,15,18,21-23H2,1-10H3,(H,46,57)(H,47,55)(H,48,56)/t26-,27+,28+,30+,31-,34-,36-,37-/m0/s1. The Bertz CT molecular complexity index is 1980. The summed E-state index contributed by atoms with van der Waals surface area (Å²) in [6.07, 6.45) is 0.679. The van der Waals surface area contributed by atoms with Crippen molar-refractivity contribution in [2.75, 3.05) is 34.2 Å². The first-order chi connectivity index (χ1) is 29.2. The van der Waals surface area contributed by atoms with Crippen molar-refractivity contribution in [2.24, 2.45) is 17.8 Å². The van der Waals surface area contributed by atoms with Gasteiger partial charge in [0.2, 0.25) is 35.4 Å². The second kappa shape index (κ2) is 21.1. The number of amides is 7. The minimum absolute atomic E-state index is 0.0904. The molecule has 2 saturated heterocycles. The molecule has 4 rings (SSSR count). The van der Waals surface area contributed by atoms with Crippen LogP contribution in [0.1, 0.15) is 89.8 Å². The SMILES string of the molecule is CC(C)C[C@H]1NC(=O)[C@@H](NC(=O)c2ncccc2O)[C@@H](C)OC(=O)[C@H](c2ccccc2)N(C)C(=O)[C@@H](C)NC(=O)[C@H]([C@@H](C)C(C)C)N(C)C(=O)CN(C)C(=O)[C@@H]2CCCN2C1=O. The summed E-state index contributed by atoms with van der Waals surface area (Å²) in [5.41, 5.74) is -0.0948. The molecule has 7 amide bonds. The number of aromatic nitrogens is 1. The van der Waals surface area contributed by atoms with Crippen LogP contribution in [0.25, 0.3) is 0 Å². The summed E-state index contributed by atoms with van der Waals surface area (Å²) in [5.74, 6) is -7.01. The van der Waals surface area contributed by atoms with Crippen molar-refractivity contribution < 1.29 is 48.2 Å². The molecule has 2 aliphatic heterocycles. The van der Waals surface area contributed by atoms with Crippen LogP contribution in [-0.4, -0.2) is 148 Å². The van der Waals surface area contributed by atoms with Gasteiger partial charge in [0.25, 0.3) is 5.91 Å². The first kappa shape index (κ1) is 48.6. The molecule has 18 nitrogen and oxygen atoms in total. The lowest BCUT2D eigenvalue weighted by Crippen LogP contribution is -2.60. The maximum Gasteiger partial charge on any atom is 0.333 e. The zero-order valence-electron chi connectivity index (χ0n) is 37.3. The number of hydrogen-bond donors (Lipinski definition) is 4. The van der Waals surface area contributed by atoms with Gasteiger partial charge in [-0.15, -0.1) is 0 Å². The third-order valence-electron chi connectivity index (χ3n) is 11.7. The van der Waals surface area contributed by atoms with Gasteiger partial charge < -0.3 is 45.4 Å². The Kier molecular flexibility index (Phi) is 16.6. The van der Waals surface area contributed by atoms with E-state index in [-0.39, 0.29) is 24.8 Å². The Morgan fingerprint density at radius 2 is 1.53 bits per heavy atom. The van der Waals surface area contributed by atoms with Crippen molar-refractivity contribution in [3.8, 4) is 5.75 Å². The van der Waals surface area contributed by atoms with Crippen molar-refractivity contribution >= 4 is 47.3 Å². The van der Waals surface area contributed by atoms with E-state index in [2.05, 4.69) is 20.9 Å². The zero-order chi connectivity index (χ0) is 46.2. The number of ether oxygens (including phenoxy) is 1. The lowest BCUT2D eigenvalue weighted by molar-refractivity contribution is -0.161. The number of esters is 1. The smallest absolute Gasteiger partial charge is 0.333 e. The van der Waals surface area contributed by atoms with Crippen LogP contribution in [0.2, 0.25) is 0 Å². The number of carbonyl (C=O) groups excluding carboxylic acids is 8. The van der Waals surface area contributed by atoms with E-state index in [1.54, 1.807) is 30.3 Å². The van der Waals surface area contributed by atoms with Crippen LogP contribution < -0.4 is 16.0 Å². The molecule has 18 heteroatoms. The quantitative estimate of drug-likeness (QED) is 0.293. The summed E-state index contributed by atoms with van der Waals surface area (Å²) < 4.78 is 5.93. The highest BCUT2D eigenvalue weighted by atomic mass is 16.5. The number of carbonyl (C=O) groups is 8. The lowest BCUT2D eigenvalue weighted by Gasteiger charge is -2.37. The van der Waals surface area contributed by atoms with Crippen LogP contribution in [0.3, 0.4) is 0 Å². The van der Waals surface area contributed by atoms with Crippen LogP contribution >= 0.6 is 0 Å². The highest BCUT2D eigenvalue weighted by molar-refractivity contribution is 6.00. The van der Waals surface area contributed by atoms with E-state index in [9.17, 15) is 43.5 Å². The summed E-state index contributed by atoms with van der Waals surface area (Å²) >= 11 is 0. The molecule has 62 heavy (non-hydrogen) atoms. The molecule has 0 saturated carbocycles. The van der Waals surface area contributed by atoms with E-state index >= 15 is 0 Å². The fourth-order valence-corrected chi connectivity index (χ4v) is 7.82. The van der Waals surface area contributed by atoms with Gasteiger partial charge in [-0.3, -0.25) is 33.6 Å². The molecule has 3 heterocycles. The Morgan fingerprint density at radius 1 is 0.871 bits per heavy atom. The first-order valence-corrected chi connectivity index (χ1v) is 21.0. The van der Waals surface area contributed by atoms with E-state index in [0.29, 0.717) is 18.4 Å². The van der Waals surface area contributed by atoms with Gasteiger partial charge >= 0.3 is 5.97 Å². The van der Waals surface area contributed by atoms with Crippen LogP contribution in [-0.2, 0) is 38.3 Å². The molecular formula is C44H62N8O10. The van der Waals surface area contributed by atoms with E-state index in [1.165, 1.54) is 68.0 Å². The van der Waals surface area contributed by atoms with Gasteiger partial charge in [-0.1, -0.05) is 65.0 Å². The maximum absolute atomic E-state index is 14.4.